The van der Waals surface area contributed by atoms with E-state index in [1.165, 1.54) is 0 Å². The maximum Gasteiger partial charge on any atom is 0.308 e. The Morgan fingerprint density at radius 3 is 1.50 bits per heavy atom. The van der Waals surface area contributed by atoms with Gasteiger partial charge in [-0.3, -0.25) is 9.59 Å². The summed E-state index contributed by atoms with van der Waals surface area (Å²) in [5, 5.41) is 20.4. The van der Waals surface area contributed by atoms with Crippen LogP contribution in [-0.2, 0) is 19.1 Å². The van der Waals surface area contributed by atoms with Crippen molar-refractivity contribution in [1.82, 2.24) is 0 Å². The van der Waals surface area contributed by atoms with Crippen LogP contribution in [-0.4, -0.2) is 46.6 Å². The van der Waals surface area contributed by atoms with Crippen molar-refractivity contribution in [1.29, 1.82) is 0 Å². The van der Waals surface area contributed by atoms with E-state index in [0.717, 1.165) is 38.5 Å². The van der Waals surface area contributed by atoms with Crippen LogP contribution in [0.25, 0.3) is 0 Å². The predicted octanol–water partition coefficient (Wildman–Crippen LogP) is 3.27. The monoisotopic (exact) mass is 372 g/mol. The van der Waals surface area contributed by atoms with Crippen molar-refractivity contribution in [3.63, 3.8) is 0 Å². The minimum atomic E-state index is -0.887. The van der Waals surface area contributed by atoms with Gasteiger partial charge in [-0.1, -0.05) is 39.5 Å². The largest absolute Gasteiger partial charge is 0.462 e. The zero-order valence-corrected chi connectivity index (χ0v) is 16.3. The number of cyclic esters (lactones) is 2. The SMILES string of the molecule is CCCCC[C@@H]1C[C@H](O)CC(=O)O[C@H](CCCCC)C[C@@H](O)CC(=O)O1. The molecule has 0 bridgehead atoms. The molecular formula is C20H36O6. The first-order chi connectivity index (χ1) is 12.4. The van der Waals surface area contributed by atoms with E-state index in [1.807, 2.05) is 0 Å². The van der Waals surface area contributed by atoms with Gasteiger partial charge in [0.25, 0.3) is 0 Å². The smallest absolute Gasteiger partial charge is 0.308 e. The minimum absolute atomic E-state index is 0.109. The number of aliphatic hydroxyl groups is 2. The Balaban J connectivity index is 2.70. The molecule has 0 aliphatic carbocycles. The van der Waals surface area contributed by atoms with E-state index in [0.29, 0.717) is 12.8 Å². The fraction of sp³-hybridized carbons (Fsp3) is 0.900. The molecule has 2 N–H and O–H groups in total. The maximum absolute atomic E-state index is 12.1. The Hall–Kier alpha value is -1.14. The van der Waals surface area contributed by atoms with Gasteiger partial charge in [-0.2, -0.15) is 0 Å². The Bertz CT molecular complexity index is 373. The van der Waals surface area contributed by atoms with Crippen LogP contribution in [0.4, 0.5) is 0 Å². The van der Waals surface area contributed by atoms with Crippen molar-refractivity contribution in [3.05, 3.63) is 0 Å². The molecule has 1 fully saturated rings. The van der Waals surface area contributed by atoms with Crippen molar-refractivity contribution in [2.45, 2.75) is 115 Å². The van der Waals surface area contributed by atoms with Crippen molar-refractivity contribution in [2.24, 2.45) is 0 Å². The summed E-state index contributed by atoms with van der Waals surface area (Å²) >= 11 is 0. The highest BCUT2D eigenvalue weighted by atomic mass is 16.6. The number of esters is 2. The third-order valence-electron chi connectivity index (χ3n) is 4.73. The van der Waals surface area contributed by atoms with Crippen LogP contribution >= 0.6 is 0 Å². The lowest BCUT2D eigenvalue weighted by molar-refractivity contribution is -0.159. The normalized spacial score (nSPS) is 28.6. The van der Waals surface area contributed by atoms with Gasteiger partial charge >= 0.3 is 11.9 Å². The van der Waals surface area contributed by atoms with E-state index >= 15 is 0 Å². The lowest BCUT2D eigenvalue weighted by Gasteiger charge is -2.25. The third kappa shape index (κ3) is 10.1. The molecule has 152 valence electrons. The van der Waals surface area contributed by atoms with E-state index < -0.39 is 36.4 Å². The summed E-state index contributed by atoms with van der Waals surface area (Å²) < 4.78 is 10.9. The van der Waals surface area contributed by atoms with Crippen LogP contribution in [0.1, 0.15) is 90.9 Å². The molecule has 0 aromatic heterocycles. The maximum atomic E-state index is 12.1. The summed E-state index contributed by atoms with van der Waals surface area (Å²) in [6.07, 6.45) is 4.85. The number of carbonyl (C=O) groups excluding carboxylic acids is 2. The average molecular weight is 373 g/mol. The van der Waals surface area contributed by atoms with Crippen LogP contribution in [0.2, 0.25) is 0 Å². The zero-order valence-electron chi connectivity index (χ0n) is 16.3. The first kappa shape index (κ1) is 22.9. The third-order valence-corrected chi connectivity index (χ3v) is 4.73. The molecule has 0 unspecified atom stereocenters. The lowest BCUT2D eigenvalue weighted by Crippen LogP contribution is -2.32. The van der Waals surface area contributed by atoms with Crippen LogP contribution in [0.5, 0.6) is 0 Å². The molecule has 1 aliphatic rings. The van der Waals surface area contributed by atoms with Gasteiger partial charge in [0.05, 0.1) is 25.0 Å². The minimum Gasteiger partial charge on any atom is -0.462 e. The van der Waals surface area contributed by atoms with Crippen molar-refractivity contribution < 1.29 is 29.3 Å². The van der Waals surface area contributed by atoms with E-state index in [2.05, 4.69) is 13.8 Å². The zero-order chi connectivity index (χ0) is 19.4. The quantitative estimate of drug-likeness (QED) is 0.502. The number of ether oxygens (including phenoxy) is 2. The molecule has 0 radical (unpaired) electrons. The second-order valence-electron chi connectivity index (χ2n) is 7.40. The molecule has 1 saturated heterocycles. The number of rotatable bonds is 8. The van der Waals surface area contributed by atoms with Crippen molar-refractivity contribution in [3.8, 4) is 0 Å². The highest BCUT2D eigenvalue weighted by Gasteiger charge is 2.27. The summed E-state index contributed by atoms with van der Waals surface area (Å²) in [4.78, 5) is 24.2. The second-order valence-corrected chi connectivity index (χ2v) is 7.40. The molecule has 1 rings (SSSR count). The van der Waals surface area contributed by atoms with E-state index in [4.69, 9.17) is 9.47 Å². The Morgan fingerprint density at radius 2 is 1.15 bits per heavy atom. The number of unbranched alkanes of at least 4 members (excludes halogenated alkanes) is 4. The van der Waals surface area contributed by atoms with Gasteiger partial charge in [0.1, 0.15) is 12.2 Å². The molecule has 1 heterocycles. The van der Waals surface area contributed by atoms with Crippen LogP contribution in [0, 0.1) is 0 Å². The Labute approximate surface area is 157 Å². The van der Waals surface area contributed by atoms with E-state index in [-0.39, 0.29) is 25.7 Å². The number of aliphatic hydroxyl groups excluding tert-OH is 2. The molecule has 26 heavy (non-hydrogen) atoms. The van der Waals surface area contributed by atoms with Crippen molar-refractivity contribution in [2.75, 3.05) is 0 Å². The fourth-order valence-corrected chi connectivity index (χ4v) is 3.32. The first-order valence-corrected chi connectivity index (χ1v) is 10.2. The predicted molar refractivity (Wildman–Crippen MR) is 98.5 cm³/mol. The van der Waals surface area contributed by atoms with Gasteiger partial charge in [0.2, 0.25) is 0 Å². The number of hydrogen-bond donors (Lipinski definition) is 2. The Morgan fingerprint density at radius 1 is 0.769 bits per heavy atom. The molecule has 0 aromatic rings. The molecule has 4 atom stereocenters. The average Bonchev–Trinajstić information content (AvgIpc) is 2.53. The fourth-order valence-electron chi connectivity index (χ4n) is 3.32. The van der Waals surface area contributed by atoms with Gasteiger partial charge in [0, 0.05) is 12.8 Å². The number of hydrogen-bond acceptors (Lipinski definition) is 6. The summed E-state index contributed by atoms with van der Waals surface area (Å²) in [5.74, 6) is -0.907. The molecule has 0 saturated carbocycles. The summed E-state index contributed by atoms with van der Waals surface area (Å²) in [6.45, 7) is 4.18. The summed E-state index contributed by atoms with van der Waals surface area (Å²) in [7, 11) is 0. The van der Waals surface area contributed by atoms with Crippen LogP contribution in [0.15, 0.2) is 0 Å². The summed E-state index contributed by atoms with van der Waals surface area (Å²) in [5.41, 5.74) is 0. The molecular weight excluding hydrogens is 336 g/mol. The van der Waals surface area contributed by atoms with Crippen LogP contribution < -0.4 is 0 Å². The molecule has 0 spiro atoms. The molecule has 1 aliphatic heterocycles. The van der Waals surface area contributed by atoms with Gasteiger partial charge in [0.15, 0.2) is 0 Å². The highest BCUT2D eigenvalue weighted by Crippen LogP contribution is 2.20. The van der Waals surface area contributed by atoms with Gasteiger partial charge in [-0.25, -0.2) is 0 Å². The van der Waals surface area contributed by atoms with E-state index in [9.17, 15) is 19.8 Å². The molecule has 0 amide bonds. The number of carbonyl (C=O) groups is 2. The molecule has 0 aromatic carbocycles. The molecule has 6 heteroatoms. The van der Waals surface area contributed by atoms with Gasteiger partial charge in [-0.15, -0.1) is 0 Å². The second kappa shape index (κ2) is 13.1. The first-order valence-electron chi connectivity index (χ1n) is 10.2. The topological polar surface area (TPSA) is 93.1 Å². The van der Waals surface area contributed by atoms with Gasteiger partial charge < -0.3 is 19.7 Å². The lowest BCUT2D eigenvalue weighted by atomic mass is 10.0. The van der Waals surface area contributed by atoms with Crippen molar-refractivity contribution >= 4 is 11.9 Å². The highest BCUT2D eigenvalue weighted by molar-refractivity contribution is 5.71. The van der Waals surface area contributed by atoms with Gasteiger partial charge in [-0.05, 0) is 25.7 Å². The molecule has 6 nitrogen and oxygen atoms in total. The Kier molecular flexibility index (Phi) is 11.5. The summed E-state index contributed by atoms with van der Waals surface area (Å²) in [6, 6.07) is 0. The van der Waals surface area contributed by atoms with E-state index in [1.54, 1.807) is 0 Å². The standard InChI is InChI=1S/C20H36O6/c1-3-5-7-9-17-11-15(21)13-20(24)26-18(10-8-6-4-2)12-16(22)14-19(23)25-17/h15-18,21-22H,3-14H2,1-2H3/t15-,16+,17-,18-/m1/s1. The van der Waals surface area contributed by atoms with Crippen LogP contribution in [0.3, 0.4) is 0 Å².